The number of carbonyl (C=O) groups excluding carboxylic acids is 1. The first-order chi connectivity index (χ1) is 6.72. The number of methoxy groups -OCH3 is 1. The SMILES string of the molecule is CCOC(=O)C(N)CSCCCOC. The second kappa shape index (κ2) is 9.30. The molecule has 1 atom stereocenters. The Hall–Kier alpha value is -0.260. The van der Waals surface area contributed by atoms with Gasteiger partial charge in [-0.1, -0.05) is 0 Å². The number of esters is 1. The highest BCUT2D eigenvalue weighted by Crippen LogP contribution is 2.04. The summed E-state index contributed by atoms with van der Waals surface area (Å²) in [4.78, 5) is 11.1. The maximum atomic E-state index is 11.1. The second-order valence-electron chi connectivity index (χ2n) is 2.78. The Labute approximate surface area is 89.5 Å². The van der Waals surface area contributed by atoms with Crippen molar-refractivity contribution in [2.75, 3.05) is 31.8 Å². The molecular formula is C9H19NO3S. The molecule has 2 N–H and O–H groups in total. The van der Waals surface area contributed by atoms with E-state index in [0.717, 1.165) is 18.8 Å². The average Bonchev–Trinajstić information content (AvgIpc) is 2.17. The van der Waals surface area contributed by atoms with Gasteiger partial charge >= 0.3 is 5.97 Å². The quantitative estimate of drug-likeness (QED) is 0.481. The maximum Gasteiger partial charge on any atom is 0.323 e. The number of hydrogen-bond donors (Lipinski definition) is 1. The molecule has 0 aliphatic rings. The van der Waals surface area contributed by atoms with Crippen molar-refractivity contribution in [2.24, 2.45) is 5.73 Å². The molecular weight excluding hydrogens is 202 g/mol. The standard InChI is InChI=1S/C9H19NO3S/c1-3-13-9(11)8(10)7-14-6-4-5-12-2/h8H,3-7,10H2,1-2H3. The smallest absolute Gasteiger partial charge is 0.323 e. The van der Waals surface area contributed by atoms with Crippen LogP contribution in [0.15, 0.2) is 0 Å². The molecule has 0 saturated heterocycles. The molecule has 0 fully saturated rings. The number of rotatable bonds is 8. The normalized spacial score (nSPS) is 12.5. The molecule has 0 aromatic heterocycles. The molecule has 14 heavy (non-hydrogen) atoms. The summed E-state index contributed by atoms with van der Waals surface area (Å²) in [5.41, 5.74) is 5.59. The number of ether oxygens (including phenoxy) is 2. The molecule has 0 saturated carbocycles. The highest BCUT2D eigenvalue weighted by molar-refractivity contribution is 7.99. The summed E-state index contributed by atoms with van der Waals surface area (Å²) >= 11 is 1.65. The monoisotopic (exact) mass is 221 g/mol. The van der Waals surface area contributed by atoms with Crippen molar-refractivity contribution >= 4 is 17.7 Å². The van der Waals surface area contributed by atoms with E-state index in [0.29, 0.717) is 12.4 Å². The van der Waals surface area contributed by atoms with E-state index in [1.54, 1.807) is 25.8 Å². The molecule has 0 aromatic carbocycles. The fourth-order valence-corrected chi connectivity index (χ4v) is 1.71. The summed E-state index contributed by atoms with van der Waals surface area (Å²) in [6.45, 7) is 2.92. The first kappa shape index (κ1) is 13.7. The van der Waals surface area contributed by atoms with Crippen molar-refractivity contribution in [3.63, 3.8) is 0 Å². The predicted molar refractivity (Wildman–Crippen MR) is 58.4 cm³/mol. The van der Waals surface area contributed by atoms with E-state index in [-0.39, 0.29) is 5.97 Å². The third-order valence-electron chi connectivity index (χ3n) is 1.52. The van der Waals surface area contributed by atoms with Gasteiger partial charge in [0.05, 0.1) is 6.61 Å². The fraction of sp³-hybridized carbons (Fsp3) is 0.889. The molecule has 0 bridgehead atoms. The second-order valence-corrected chi connectivity index (χ2v) is 3.93. The first-order valence-corrected chi connectivity index (χ1v) is 5.86. The summed E-state index contributed by atoms with van der Waals surface area (Å²) < 4.78 is 9.68. The first-order valence-electron chi connectivity index (χ1n) is 4.71. The Morgan fingerprint density at radius 2 is 2.29 bits per heavy atom. The Bertz CT molecular complexity index is 155. The van der Waals surface area contributed by atoms with Crippen LogP contribution in [0.5, 0.6) is 0 Å². The van der Waals surface area contributed by atoms with Gasteiger partial charge < -0.3 is 15.2 Å². The number of nitrogens with two attached hydrogens (primary N) is 1. The maximum absolute atomic E-state index is 11.1. The minimum atomic E-state index is -0.498. The Morgan fingerprint density at radius 1 is 1.57 bits per heavy atom. The van der Waals surface area contributed by atoms with Crippen LogP contribution in [0.4, 0.5) is 0 Å². The summed E-state index contributed by atoms with van der Waals surface area (Å²) in [5, 5.41) is 0. The van der Waals surface area contributed by atoms with Crippen LogP contribution < -0.4 is 5.73 Å². The largest absolute Gasteiger partial charge is 0.465 e. The Balaban J connectivity index is 3.34. The molecule has 0 rings (SSSR count). The number of carbonyl (C=O) groups is 1. The zero-order chi connectivity index (χ0) is 10.8. The van der Waals surface area contributed by atoms with Gasteiger partial charge in [-0.15, -0.1) is 0 Å². The van der Waals surface area contributed by atoms with Crippen molar-refractivity contribution in [3.8, 4) is 0 Å². The van der Waals surface area contributed by atoms with E-state index in [4.69, 9.17) is 15.2 Å². The van der Waals surface area contributed by atoms with Crippen molar-refractivity contribution < 1.29 is 14.3 Å². The lowest BCUT2D eigenvalue weighted by molar-refractivity contribution is -0.144. The lowest BCUT2D eigenvalue weighted by atomic mass is 10.4. The van der Waals surface area contributed by atoms with Crippen LogP contribution in [0, 0.1) is 0 Å². The van der Waals surface area contributed by atoms with Crippen LogP contribution in [-0.4, -0.2) is 43.8 Å². The van der Waals surface area contributed by atoms with E-state index in [2.05, 4.69) is 0 Å². The number of thioether (sulfide) groups is 1. The summed E-state index contributed by atoms with van der Waals surface area (Å²) in [6.07, 6.45) is 0.983. The van der Waals surface area contributed by atoms with Crippen molar-refractivity contribution in [2.45, 2.75) is 19.4 Å². The lowest BCUT2D eigenvalue weighted by Gasteiger charge is -2.09. The average molecular weight is 221 g/mol. The highest BCUT2D eigenvalue weighted by Gasteiger charge is 2.13. The highest BCUT2D eigenvalue weighted by atomic mass is 32.2. The van der Waals surface area contributed by atoms with Crippen LogP contribution in [-0.2, 0) is 14.3 Å². The third-order valence-corrected chi connectivity index (χ3v) is 2.70. The van der Waals surface area contributed by atoms with Gasteiger partial charge in [-0.25, -0.2) is 0 Å². The fourth-order valence-electron chi connectivity index (χ4n) is 0.833. The van der Waals surface area contributed by atoms with E-state index in [1.807, 2.05) is 0 Å². The molecule has 0 aromatic rings. The third kappa shape index (κ3) is 7.17. The molecule has 0 aliphatic heterocycles. The zero-order valence-corrected chi connectivity index (χ0v) is 9.64. The molecule has 5 heteroatoms. The van der Waals surface area contributed by atoms with Gasteiger partial charge in [0.25, 0.3) is 0 Å². The van der Waals surface area contributed by atoms with Crippen molar-refractivity contribution in [3.05, 3.63) is 0 Å². The van der Waals surface area contributed by atoms with Crippen LogP contribution in [0.2, 0.25) is 0 Å². The molecule has 0 radical (unpaired) electrons. The molecule has 0 heterocycles. The van der Waals surface area contributed by atoms with Gasteiger partial charge in [-0.3, -0.25) is 4.79 Å². The van der Waals surface area contributed by atoms with Crippen molar-refractivity contribution in [1.29, 1.82) is 0 Å². The van der Waals surface area contributed by atoms with Gasteiger partial charge in [0, 0.05) is 19.5 Å². The van der Waals surface area contributed by atoms with Gasteiger partial charge in [-0.2, -0.15) is 11.8 Å². The molecule has 4 nitrogen and oxygen atoms in total. The molecule has 1 unspecified atom stereocenters. The molecule has 0 amide bonds. The van der Waals surface area contributed by atoms with Crippen molar-refractivity contribution in [1.82, 2.24) is 0 Å². The minimum Gasteiger partial charge on any atom is -0.465 e. The summed E-state index contributed by atoms with van der Waals surface area (Å²) in [5.74, 6) is 1.26. The van der Waals surface area contributed by atoms with Gasteiger partial charge in [0.2, 0.25) is 0 Å². The van der Waals surface area contributed by atoms with E-state index >= 15 is 0 Å². The van der Waals surface area contributed by atoms with E-state index in [9.17, 15) is 4.79 Å². The summed E-state index contributed by atoms with van der Waals surface area (Å²) in [6, 6.07) is -0.498. The molecule has 84 valence electrons. The van der Waals surface area contributed by atoms with Crippen LogP contribution in [0.1, 0.15) is 13.3 Å². The summed E-state index contributed by atoms with van der Waals surface area (Å²) in [7, 11) is 1.68. The van der Waals surface area contributed by atoms with Crippen LogP contribution >= 0.6 is 11.8 Å². The van der Waals surface area contributed by atoms with E-state index < -0.39 is 6.04 Å². The predicted octanol–water partition coefficient (Wildman–Crippen LogP) is 0.646. The van der Waals surface area contributed by atoms with Crippen LogP contribution in [0.3, 0.4) is 0 Å². The Morgan fingerprint density at radius 3 is 2.86 bits per heavy atom. The number of hydrogen-bond acceptors (Lipinski definition) is 5. The lowest BCUT2D eigenvalue weighted by Crippen LogP contribution is -2.34. The van der Waals surface area contributed by atoms with E-state index in [1.165, 1.54) is 0 Å². The van der Waals surface area contributed by atoms with Crippen LogP contribution in [0.25, 0.3) is 0 Å². The topological polar surface area (TPSA) is 61.5 Å². The van der Waals surface area contributed by atoms with Gasteiger partial charge in [-0.05, 0) is 19.1 Å². The van der Waals surface area contributed by atoms with Gasteiger partial charge in [0.15, 0.2) is 0 Å². The molecule has 0 spiro atoms. The molecule has 0 aliphatic carbocycles. The minimum absolute atomic E-state index is 0.313. The Kier molecular flexibility index (Phi) is 9.13. The van der Waals surface area contributed by atoms with Gasteiger partial charge in [0.1, 0.15) is 6.04 Å². The zero-order valence-electron chi connectivity index (χ0n) is 8.82.